The van der Waals surface area contributed by atoms with Crippen LogP contribution in [-0.4, -0.2) is 19.8 Å². The van der Waals surface area contributed by atoms with Gasteiger partial charge in [-0.1, -0.05) is 19.4 Å². The molecular weight excluding hydrogens is 332 g/mol. The Morgan fingerprint density at radius 2 is 1.67 bits per heavy atom. The molecule has 0 spiro atoms. The fourth-order valence-electron chi connectivity index (χ4n) is 6.15. The monoisotopic (exact) mass is 370 g/mol. The third kappa shape index (κ3) is 4.53. The highest BCUT2D eigenvalue weighted by Gasteiger charge is 2.38. The molecule has 0 amide bonds. The van der Waals surface area contributed by atoms with Crippen LogP contribution in [0.2, 0.25) is 0 Å². The summed E-state index contributed by atoms with van der Waals surface area (Å²) in [5.74, 6) is 4.81. The van der Waals surface area contributed by atoms with E-state index in [1.54, 1.807) is 12.7 Å². The summed E-state index contributed by atoms with van der Waals surface area (Å²) in [4.78, 5) is 0. The Hall–Kier alpha value is -1.02. The first-order chi connectivity index (χ1) is 13.3. The van der Waals surface area contributed by atoms with Gasteiger partial charge in [-0.15, -0.1) is 0 Å². The van der Waals surface area contributed by atoms with Crippen molar-refractivity contribution in [2.45, 2.75) is 83.7 Å². The summed E-state index contributed by atoms with van der Waals surface area (Å²) in [7, 11) is 1.77. The van der Waals surface area contributed by atoms with Crippen LogP contribution < -0.4 is 4.74 Å². The number of rotatable bonds is 6. The van der Waals surface area contributed by atoms with E-state index in [1.807, 2.05) is 0 Å². The topological polar surface area (TPSA) is 18.5 Å². The van der Waals surface area contributed by atoms with Gasteiger partial charge in [0, 0.05) is 6.61 Å². The van der Waals surface area contributed by atoms with E-state index in [9.17, 15) is 0 Å². The van der Waals surface area contributed by atoms with Gasteiger partial charge in [0.1, 0.15) is 5.75 Å². The van der Waals surface area contributed by atoms with E-state index in [1.165, 1.54) is 76.2 Å². The van der Waals surface area contributed by atoms with E-state index < -0.39 is 0 Å². The molecule has 5 unspecified atom stereocenters. The third-order valence-electron chi connectivity index (χ3n) is 7.80. The van der Waals surface area contributed by atoms with Crippen LogP contribution in [0.4, 0.5) is 0 Å². The highest BCUT2D eigenvalue weighted by molar-refractivity contribution is 5.37. The quantitative estimate of drug-likeness (QED) is 0.555. The molecule has 3 aliphatic rings. The first-order valence-corrected chi connectivity index (χ1v) is 11.5. The maximum atomic E-state index is 6.16. The molecule has 2 heteroatoms. The Labute approximate surface area is 166 Å². The van der Waals surface area contributed by atoms with Gasteiger partial charge in [-0.05, 0) is 111 Å². The Kier molecular flexibility index (Phi) is 6.42. The smallest absolute Gasteiger partial charge is 0.119 e. The predicted molar refractivity (Wildman–Crippen MR) is 111 cm³/mol. The lowest BCUT2D eigenvalue weighted by molar-refractivity contribution is -0.0247. The molecule has 0 heterocycles. The molecule has 1 aromatic carbocycles. The SMILES string of the molecule is CCCCOC1CCC2CC(C3CCc4cc(OC)ccc4C3)CCC2C1. The van der Waals surface area contributed by atoms with Crippen molar-refractivity contribution in [1.82, 2.24) is 0 Å². The second-order valence-corrected chi connectivity index (χ2v) is 9.39. The molecule has 0 saturated heterocycles. The van der Waals surface area contributed by atoms with E-state index >= 15 is 0 Å². The summed E-state index contributed by atoms with van der Waals surface area (Å²) in [6.07, 6.45) is 15.4. The van der Waals surface area contributed by atoms with Crippen LogP contribution in [0.5, 0.6) is 5.75 Å². The average molecular weight is 371 g/mol. The molecule has 0 N–H and O–H groups in total. The lowest BCUT2D eigenvalue weighted by Crippen LogP contribution is -2.37. The van der Waals surface area contributed by atoms with Gasteiger partial charge < -0.3 is 9.47 Å². The van der Waals surface area contributed by atoms with Crippen molar-refractivity contribution < 1.29 is 9.47 Å². The number of fused-ring (bicyclic) bond motifs is 2. The van der Waals surface area contributed by atoms with Gasteiger partial charge in [0.25, 0.3) is 0 Å². The van der Waals surface area contributed by atoms with E-state index in [-0.39, 0.29) is 0 Å². The van der Waals surface area contributed by atoms with Crippen LogP contribution in [0, 0.1) is 23.7 Å². The van der Waals surface area contributed by atoms with Gasteiger partial charge in [0.2, 0.25) is 0 Å². The molecule has 0 radical (unpaired) electrons. The summed E-state index contributed by atoms with van der Waals surface area (Å²) < 4.78 is 11.6. The van der Waals surface area contributed by atoms with E-state index in [0.29, 0.717) is 6.10 Å². The zero-order valence-electron chi connectivity index (χ0n) is 17.4. The standard InChI is InChI=1S/C25H38O2/c1-3-4-13-27-25-12-10-21-15-19(6-8-23(21)17-25)18-5-7-22-16-24(26-2)11-9-20(22)14-18/h9,11,16,18-19,21,23,25H,3-8,10,12-15,17H2,1-2H3. The second-order valence-electron chi connectivity index (χ2n) is 9.39. The van der Waals surface area contributed by atoms with Gasteiger partial charge in [-0.25, -0.2) is 0 Å². The Balaban J connectivity index is 1.30. The number of hydrogen-bond acceptors (Lipinski definition) is 2. The largest absolute Gasteiger partial charge is 0.497 e. The lowest BCUT2D eigenvalue weighted by Gasteiger charge is -2.45. The zero-order chi connectivity index (χ0) is 18.6. The van der Waals surface area contributed by atoms with Crippen molar-refractivity contribution in [3.8, 4) is 5.75 Å². The van der Waals surface area contributed by atoms with Crippen LogP contribution in [0.25, 0.3) is 0 Å². The van der Waals surface area contributed by atoms with Crippen LogP contribution >= 0.6 is 0 Å². The maximum absolute atomic E-state index is 6.16. The van der Waals surface area contributed by atoms with Gasteiger partial charge in [-0.2, -0.15) is 0 Å². The molecule has 150 valence electrons. The summed E-state index contributed by atoms with van der Waals surface area (Å²) in [5, 5.41) is 0. The van der Waals surface area contributed by atoms with Gasteiger partial charge in [0.15, 0.2) is 0 Å². The Bertz CT molecular complexity index is 610. The van der Waals surface area contributed by atoms with Crippen LogP contribution in [0.3, 0.4) is 0 Å². The first kappa shape index (κ1) is 19.3. The zero-order valence-corrected chi connectivity index (χ0v) is 17.4. The summed E-state index contributed by atoms with van der Waals surface area (Å²) in [6.45, 7) is 3.23. The van der Waals surface area contributed by atoms with Crippen LogP contribution in [-0.2, 0) is 17.6 Å². The van der Waals surface area contributed by atoms with Crippen LogP contribution in [0.1, 0.15) is 75.8 Å². The first-order valence-electron chi connectivity index (χ1n) is 11.5. The minimum atomic E-state index is 0.561. The molecule has 2 fully saturated rings. The van der Waals surface area contributed by atoms with E-state index in [4.69, 9.17) is 9.47 Å². The molecule has 4 rings (SSSR count). The van der Waals surface area contributed by atoms with E-state index in [0.717, 1.165) is 36.0 Å². The van der Waals surface area contributed by atoms with E-state index in [2.05, 4.69) is 25.1 Å². The number of ether oxygens (including phenoxy) is 2. The summed E-state index contributed by atoms with van der Waals surface area (Å²) >= 11 is 0. The van der Waals surface area contributed by atoms with Gasteiger partial charge >= 0.3 is 0 Å². The van der Waals surface area contributed by atoms with Gasteiger partial charge in [-0.3, -0.25) is 0 Å². The fraction of sp³-hybridized carbons (Fsp3) is 0.760. The number of hydrogen-bond donors (Lipinski definition) is 0. The Morgan fingerprint density at radius 3 is 2.48 bits per heavy atom. The lowest BCUT2D eigenvalue weighted by atomic mass is 9.62. The fourth-order valence-corrected chi connectivity index (χ4v) is 6.15. The van der Waals surface area contributed by atoms with Crippen molar-refractivity contribution >= 4 is 0 Å². The highest BCUT2D eigenvalue weighted by atomic mass is 16.5. The number of benzene rings is 1. The molecule has 0 aliphatic heterocycles. The van der Waals surface area contributed by atoms with Crippen LogP contribution in [0.15, 0.2) is 18.2 Å². The van der Waals surface area contributed by atoms with Crippen molar-refractivity contribution in [1.29, 1.82) is 0 Å². The molecule has 3 aliphatic carbocycles. The average Bonchev–Trinajstić information content (AvgIpc) is 2.72. The minimum absolute atomic E-state index is 0.561. The summed E-state index contributed by atoms with van der Waals surface area (Å²) in [5.41, 5.74) is 3.12. The predicted octanol–water partition coefficient (Wildman–Crippen LogP) is 6.20. The Morgan fingerprint density at radius 1 is 0.889 bits per heavy atom. The molecule has 27 heavy (non-hydrogen) atoms. The molecule has 0 bridgehead atoms. The molecule has 5 atom stereocenters. The molecule has 2 nitrogen and oxygen atoms in total. The normalized spacial score (nSPS) is 33.2. The summed E-state index contributed by atoms with van der Waals surface area (Å²) in [6, 6.07) is 6.74. The molecule has 1 aromatic rings. The third-order valence-corrected chi connectivity index (χ3v) is 7.80. The second kappa shape index (κ2) is 8.99. The van der Waals surface area contributed by atoms with Crippen molar-refractivity contribution in [3.05, 3.63) is 29.3 Å². The highest BCUT2D eigenvalue weighted by Crippen LogP contribution is 2.47. The maximum Gasteiger partial charge on any atom is 0.119 e. The molecular formula is C25H38O2. The number of methoxy groups -OCH3 is 1. The minimum Gasteiger partial charge on any atom is -0.497 e. The molecule has 2 saturated carbocycles. The van der Waals surface area contributed by atoms with Crippen molar-refractivity contribution in [2.24, 2.45) is 23.7 Å². The number of aryl methyl sites for hydroxylation is 1. The van der Waals surface area contributed by atoms with Gasteiger partial charge in [0.05, 0.1) is 13.2 Å². The number of unbranched alkanes of at least 4 members (excludes halogenated alkanes) is 1. The van der Waals surface area contributed by atoms with Crippen molar-refractivity contribution in [3.63, 3.8) is 0 Å². The molecule has 0 aromatic heterocycles. The van der Waals surface area contributed by atoms with Crippen molar-refractivity contribution in [2.75, 3.05) is 13.7 Å².